The zero-order valence-corrected chi connectivity index (χ0v) is 16.6. The summed E-state index contributed by atoms with van der Waals surface area (Å²) in [5.74, 6) is -1.38. The summed E-state index contributed by atoms with van der Waals surface area (Å²) in [6, 6.07) is 5.95. The zero-order valence-electron chi connectivity index (χ0n) is 16.6. The van der Waals surface area contributed by atoms with E-state index in [2.05, 4.69) is 0 Å². The summed E-state index contributed by atoms with van der Waals surface area (Å²) < 4.78 is 21.1. The van der Waals surface area contributed by atoms with Crippen molar-refractivity contribution in [1.29, 1.82) is 0 Å². The average molecular weight is 462 g/mol. The van der Waals surface area contributed by atoms with E-state index in [1.807, 2.05) is 0 Å². The quantitative estimate of drug-likeness (QED) is 0.196. The van der Waals surface area contributed by atoms with E-state index in [1.165, 1.54) is 24.3 Å². The smallest absolute Gasteiger partial charge is 0.335 e. The van der Waals surface area contributed by atoms with E-state index in [0.29, 0.717) is 5.56 Å². The molecule has 10 atom stereocenters. The third-order valence-electron chi connectivity index (χ3n) is 5.25. The number of aliphatic hydroxyl groups is 7. The first kappa shape index (κ1) is 24.7. The predicted octanol–water partition coefficient (Wildman–Crippen LogP) is -3.73. The van der Waals surface area contributed by atoms with Gasteiger partial charge in [-0.05, 0) is 17.7 Å². The summed E-state index contributed by atoms with van der Waals surface area (Å²) in [6.45, 7) is -0.669. The molecule has 13 nitrogen and oxygen atoms in total. The van der Waals surface area contributed by atoms with Crippen molar-refractivity contribution in [3.8, 4) is 5.75 Å². The zero-order chi connectivity index (χ0) is 23.6. The van der Waals surface area contributed by atoms with Gasteiger partial charge in [-0.2, -0.15) is 0 Å². The number of rotatable bonds is 7. The molecule has 0 saturated carbocycles. The largest absolute Gasteiger partial charge is 0.479 e. The Morgan fingerprint density at radius 3 is 2.00 bits per heavy atom. The number of carbonyl (C=O) groups is 1. The number of hydrogen-bond donors (Lipinski definition) is 8. The summed E-state index contributed by atoms with van der Waals surface area (Å²) in [6.07, 6.45) is -15.6. The lowest BCUT2D eigenvalue weighted by molar-refractivity contribution is -0.304. The van der Waals surface area contributed by atoms with Crippen molar-refractivity contribution in [2.45, 2.75) is 68.0 Å². The molecule has 2 aliphatic rings. The van der Waals surface area contributed by atoms with Gasteiger partial charge in [0.15, 0.2) is 12.4 Å². The molecule has 3 rings (SSSR count). The van der Waals surface area contributed by atoms with Crippen LogP contribution in [0.3, 0.4) is 0 Å². The molecule has 0 bridgehead atoms. The van der Waals surface area contributed by atoms with Crippen molar-refractivity contribution in [3.63, 3.8) is 0 Å². The van der Waals surface area contributed by atoms with Crippen LogP contribution in [0.15, 0.2) is 24.3 Å². The lowest BCUT2D eigenvalue weighted by atomic mass is 9.99. The van der Waals surface area contributed by atoms with Gasteiger partial charge in [-0.15, -0.1) is 0 Å². The summed E-state index contributed by atoms with van der Waals surface area (Å²) in [4.78, 5) is 11.1. The minimum Gasteiger partial charge on any atom is -0.479 e. The summed E-state index contributed by atoms with van der Waals surface area (Å²) >= 11 is 0. The van der Waals surface area contributed by atoms with E-state index in [0.717, 1.165) is 0 Å². The number of hydrogen-bond acceptors (Lipinski definition) is 12. The first-order chi connectivity index (χ1) is 15.1. The van der Waals surface area contributed by atoms with Gasteiger partial charge in [0, 0.05) is 0 Å². The number of ether oxygens (including phenoxy) is 4. The number of aliphatic carboxylic acids is 1. The fourth-order valence-electron chi connectivity index (χ4n) is 3.33. The topological polar surface area (TPSA) is 216 Å². The molecule has 1 aromatic carbocycles. The Morgan fingerprint density at radius 1 is 0.812 bits per heavy atom. The van der Waals surface area contributed by atoms with Crippen LogP contribution in [-0.4, -0.2) is 115 Å². The van der Waals surface area contributed by atoms with Crippen LogP contribution in [0.4, 0.5) is 0 Å². The van der Waals surface area contributed by atoms with Crippen molar-refractivity contribution < 1.29 is 64.6 Å². The molecule has 0 amide bonds. The summed E-state index contributed by atoms with van der Waals surface area (Å²) in [5, 5.41) is 77.3. The minimum atomic E-state index is -1.83. The molecule has 2 aliphatic heterocycles. The van der Waals surface area contributed by atoms with Crippen molar-refractivity contribution in [1.82, 2.24) is 0 Å². The van der Waals surface area contributed by atoms with Crippen molar-refractivity contribution in [3.05, 3.63) is 29.8 Å². The maximum Gasteiger partial charge on any atom is 0.335 e. The molecule has 0 aromatic heterocycles. The Labute approximate surface area is 181 Å². The van der Waals surface area contributed by atoms with E-state index < -0.39 is 74.0 Å². The van der Waals surface area contributed by atoms with Gasteiger partial charge >= 0.3 is 5.97 Å². The molecule has 8 N–H and O–H groups in total. The van der Waals surface area contributed by atoms with Gasteiger partial charge in [-0.1, -0.05) is 12.1 Å². The molecule has 0 spiro atoms. The second kappa shape index (κ2) is 10.4. The highest BCUT2D eigenvalue weighted by atomic mass is 16.7. The molecule has 1 aromatic rings. The van der Waals surface area contributed by atoms with Crippen LogP contribution < -0.4 is 4.74 Å². The molecular formula is C19H26O13. The van der Waals surface area contributed by atoms with Crippen LogP contribution in [0.5, 0.6) is 5.75 Å². The molecule has 4 unspecified atom stereocenters. The third kappa shape index (κ3) is 5.18. The van der Waals surface area contributed by atoms with Gasteiger partial charge in [-0.25, -0.2) is 4.79 Å². The van der Waals surface area contributed by atoms with E-state index in [-0.39, 0.29) is 12.4 Å². The lowest BCUT2D eigenvalue weighted by Crippen LogP contribution is -2.61. The minimum absolute atomic E-state index is 0.0858. The van der Waals surface area contributed by atoms with Gasteiger partial charge in [0.1, 0.15) is 48.5 Å². The third-order valence-corrected chi connectivity index (χ3v) is 5.25. The molecule has 180 valence electrons. The molecule has 0 aliphatic carbocycles. The SMILES string of the molecule is O=C(O)C1O[C@@H](Oc2ccc(CO[C@@H]3OC(CO)[C@@H](O)[C@H](O)C3O)cc2)C(O)[C@@H](O)[C@@H]1O. The van der Waals surface area contributed by atoms with E-state index in [4.69, 9.17) is 24.1 Å². The van der Waals surface area contributed by atoms with Gasteiger partial charge in [0.25, 0.3) is 0 Å². The number of aliphatic hydroxyl groups excluding tert-OH is 7. The van der Waals surface area contributed by atoms with Crippen LogP contribution in [0.2, 0.25) is 0 Å². The van der Waals surface area contributed by atoms with Crippen LogP contribution in [0, 0.1) is 0 Å². The Morgan fingerprint density at radius 2 is 1.41 bits per heavy atom. The maximum atomic E-state index is 11.1. The van der Waals surface area contributed by atoms with Crippen molar-refractivity contribution in [2.75, 3.05) is 6.61 Å². The number of carboxylic acid groups (broad SMARTS) is 1. The standard InChI is InChI=1S/C19H26O13/c20-5-9-10(21)11(22)14(25)18(31-9)29-6-7-1-3-8(4-2-7)30-19-15(26)12(23)13(24)16(32-19)17(27)28/h1-4,9-16,18-26H,5-6H2,(H,27,28)/t9?,10-,11+,12+,13+,14?,15?,16?,18-,19-/m1/s1. The van der Waals surface area contributed by atoms with Crippen LogP contribution >= 0.6 is 0 Å². The van der Waals surface area contributed by atoms with Gasteiger partial charge in [0.05, 0.1) is 13.2 Å². The molecule has 0 radical (unpaired) electrons. The van der Waals surface area contributed by atoms with E-state index in [9.17, 15) is 40.5 Å². The highest BCUT2D eigenvalue weighted by Crippen LogP contribution is 2.26. The van der Waals surface area contributed by atoms with Crippen LogP contribution in [0.1, 0.15) is 5.56 Å². The Hall–Kier alpha value is -1.91. The highest BCUT2D eigenvalue weighted by molar-refractivity contribution is 5.73. The monoisotopic (exact) mass is 462 g/mol. The molecule has 2 fully saturated rings. The second-order valence-electron chi connectivity index (χ2n) is 7.51. The van der Waals surface area contributed by atoms with Gasteiger partial charge in [0.2, 0.25) is 6.29 Å². The second-order valence-corrected chi connectivity index (χ2v) is 7.51. The first-order valence-corrected chi connectivity index (χ1v) is 9.74. The van der Waals surface area contributed by atoms with Crippen molar-refractivity contribution >= 4 is 5.97 Å². The fourth-order valence-corrected chi connectivity index (χ4v) is 3.33. The molecule has 2 saturated heterocycles. The summed E-state index contributed by atoms with van der Waals surface area (Å²) in [5.41, 5.74) is 0.568. The fraction of sp³-hybridized carbons (Fsp3) is 0.632. The molecule has 13 heteroatoms. The lowest BCUT2D eigenvalue weighted by Gasteiger charge is -2.39. The Balaban J connectivity index is 1.58. The van der Waals surface area contributed by atoms with Crippen LogP contribution in [0.25, 0.3) is 0 Å². The van der Waals surface area contributed by atoms with E-state index in [1.54, 1.807) is 0 Å². The van der Waals surface area contributed by atoms with E-state index >= 15 is 0 Å². The average Bonchev–Trinajstić information content (AvgIpc) is 2.78. The molecule has 2 heterocycles. The summed E-state index contributed by atoms with van der Waals surface area (Å²) in [7, 11) is 0. The first-order valence-electron chi connectivity index (χ1n) is 9.74. The maximum absolute atomic E-state index is 11.1. The van der Waals surface area contributed by atoms with Gasteiger partial charge in [-0.3, -0.25) is 0 Å². The normalized spacial score (nSPS) is 40.1. The molecular weight excluding hydrogens is 436 g/mol. The number of benzene rings is 1. The van der Waals surface area contributed by atoms with Crippen LogP contribution in [-0.2, 0) is 25.6 Å². The molecule has 32 heavy (non-hydrogen) atoms. The number of carboxylic acids is 1. The van der Waals surface area contributed by atoms with Crippen molar-refractivity contribution in [2.24, 2.45) is 0 Å². The predicted molar refractivity (Wildman–Crippen MR) is 99.9 cm³/mol. The van der Waals surface area contributed by atoms with Gasteiger partial charge < -0.3 is 59.8 Å². The Bertz CT molecular complexity index is 756. The highest BCUT2D eigenvalue weighted by Gasteiger charge is 2.48. The Kier molecular flexibility index (Phi) is 8.00.